The molecule has 0 fully saturated rings. The largest absolute Gasteiger partial charge is 0.466 e. The molecular weight excluding hydrogens is 457 g/mol. The summed E-state index contributed by atoms with van der Waals surface area (Å²) in [6, 6.07) is 6.88. The van der Waals surface area contributed by atoms with Gasteiger partial charge in [-0.15, -0.1) is 0 Å². The van der Waals surface area contributed by atoms with Crippen molar-refractivity contribution >= 4 is 17.2 Å². The monoisotopic (exact) mass is 487 g/mol. The van der Waals surface area contributed by atoms with Crippen LogP contribution in [0.5, 0.6) is 11.5 Å². The van der Waals surface area contributed by atoms with E-state index in [4.69, 9.17) is 9.47 Å². The topological polar surface area (TPSA) is 41.8 Å². The van der Waals surface area contributed by atoms with Gasteiger partial charge in [0.1, 0.15) is 24.6 Å². The molecule has 0 bridgehead atoms. The molecule has 186 valence electrons. The number of hydrogen-bond acceptors (Lipinski definition) is 4. The lowest BCUT2D eigenvalue weighted by Gasteiger charge is -2.24. The van der Waals surface area contributed by atoms with Crippen LogP contribution in [0.2, 0.25) is 0 Å². The van der Waals surface area contributed by atoms with E-state index in [0.29, 0.717) is 25.9 Å². The second-order valence-electron chi connectivity index (χ2n) is 9.26. The van der Waals surface area contributed by atoms with Gasteiger partial charge in [-0.2, -0.15) is 13.2 Å². The molecule has 0 saturated carbocycles. The van der Waals surface area contributed by atoms with E-state index in [0.717, 1.165) is 61.2 Å². The number of likely N-dealkylation sites (N-methyl/N-ethyl adjacent to an activating group) is 1. The number of ether oxygens (including phenoxy) is 2. The average Bonchev–Trinajstić information content (AvgIpc) is 3.39. The molecule has 35 heavy (non-hydrogen) atoms. The van der Waals surface area contributed by atoms with E-state index in [1.807, 2.05) is 6.92 Å². The molecule has 0 atom stereocenters. The summed E-state index contributed by atoms with van der Waals surface area (Å²) in [4.78, 5) is 13.7. The molecule has 3 aliphatic rings. The third-order valence-electron chi connectivity index (χ3n) is 7.13. The zero-order valence-electron chi connectivity index (χ0n) is 20.1. The van der Waals surface area contributed by atoms with E-state index >= 15 is 0 Å². The van der Waals surface area contributed by atoms with Gasteiger partial charge in [0.2, 0.25) is 5.36 Å². The Kier molecular flexibility index (Phi) is 6.23. The summed E-state index contributed by atoms with van der Waals surface area (Å²) in [6.45, 7) is 7.29. The molecule has 0 saturated heterocycles. The number of esters is 1. The lowest BCUT2D eigenvalue weighted by atomic mass is 9.94. The van der Waals surface area contributed by atoms with E-state index in [9.17, 15) is 18.0 Å². The number of nitrogens with zero attached hydrogens (tertiary/aromatic N) is 2. The van der Waals surface area contributed by atoms with E-state index in [2.05, 4.69) is 9.48 Å². The van der Waals surface area contributed by atoms with Crippen LogP contribution in [0.25, 0.3) is 5.57 Å². The minimum absolute atomic E-state index is 0.123. The lowest BCUT2D eigenvalue weighted by molar-refractivity contribution is -0.143. The van der Waals surface area contributed by atoms with Crippen LogP contribution in [0.1, 0.15) is 49.8 Å². The molecule has 3 aliphatic heterocycles. The summed E-state index contributed by atoms with van der Waals surface area (Å²) in [7, 11) is 0. The van der Waals surface area contributed by atoms with Gasteiger partial charge >= 0.3 is 12.1 Å². The van der Waals surface area contributed by atoms with Crippen molar-refractivity contribution in [2.45, 2.75) is 52.1 Å². The third kappa shape index (κ3) is 4.39. The number of carbonyl (C=O) groups is 1. The van der Waals surface area contributed by atoms with Gasteiger partial charge in [0, 0.05) is 60.5 Å². The number of anilines is 1. The van der Waals surface area contributed by atoms with Crippen LogP contribution in [-0.2, 0) is 22.4 Å². The maximum atomic E-state index is 14.4. The molecule has 3 heterocycles. The molecule has 0 aromatic heterocycles. The Balaban J connectivity index is 1.53. The Morgan fingerprint density at radius 2 is 1.91 bits per heavy atom. The minimum atomic E-state index is -4.50. The number of hydrogen-bond donors (Lipinski definition) is 0. The highest BCUT2D eigenvalue weighted by atomic mass is 19.4. The number of rotatable bonds is 7. The highest BCUT2D eigenvalue weighted by Gasteiger charge is 2.41. The predicted molar refractivity (Wildman–Crippen MR) is 128 cm³/mol. The van der Waals surface area contributed by atoms with Gasteiger partial charge in [-0.05, 0) is 44.4 Å². The Bertz CT molecular complexity index is 1300. The van der Waals surface area contributed by atoms with Gasteiger partial charge in [-0.1, -0.05) is 0 Å². The molecule has 2 aromatic rings. The summed E-state index contributed by atoms with van der Waals surface area (Å²) >= 11 is 0. The quantitative estimate of drug-likeness (QED) is 0.339. The van der Waals surface area contributed by atoms with Crippen molar-refractivity contribution in [2.24, 2.45) is 0 Å². The molecule has 2 aromatic carbocycles. The molecular formula is C27H30F3N2O3+. The van der Waals surface area contributed by atoms with Crippen molar-refractivity contribution < 1.29 is 27.4 Å². The summed E-state index contributed by atoms with van der Waals surface area (Å²) in [5, 5.41) is 1.04. The van der Waals surface area contributed by atoms with Gasteiger partial charge in [0.15, 0.2) is 0 Å². The first kappa shape index (κ1) is 23.7. The zero-order valence-corrected chi connectivity index (χ0v) is 20.1. The SMILES string of the molecule is CCOC(=O)CCCC[N+]1=c2cc3c(cc2CC1)=C(C(F)(F)F)c1cc2c(cc1O3)N(CC)CC2. The van der Waals surface area contributed by atoms with Crippen molar-refractivity contribution in [3.8, 4) is 11.5 Å². The molecule has 0 unspecified atom stereocenters. The van der Waals surface area contributed by atoms with Crippen molar-refractivity contribution in [2.75, 3.05) is 37.7 Å². The van der Waals surface area contributed by atoms with E-state index in [-0.39, 0.29) is 28.3 Å². The third-order valence-corrected chi connectivity index (χ3v) is 7.13. The molecule has 0 aliphatic carbocycles. The second kappa shape index (κ2) is 9.21. The van der Waals surface area contributed by atoms with E-state index in [1.165, 1.54) is 0 Å². The number of halogens is 3. The number of carbonyl (C=O) groups excluding carboxylic acids is 1. The van der Waals surface area contributed by atoms with E-state index in [1.54, 1.807) is 31.2 Å². The molecule has 0 amide bonds. The maximum absolute atomic E-state index is 14.4. The number of benzene rings is 2. The standard InChI is InChI=1S/C27H30F3N2O3/c1-3-31-11-8-17-13-19-23(15-21(17)31)35-24-16-22-18(14-20(24)26(19)27(28,29)30)9-12-32(22)10-6-5-7-25(33)34-4-2/h13-16H,3-12H2,1-2H3/q+1. The summed E-state index contributed by atoms with van der Waals surface area (Å²) in [5.41, 5.74) is 2.33. The molecule has 8 heteroatoms. The molecule has 0 spiro atoms. The first-order valence-corrected chi connectivity index (χ1v) is 12.4. The first-order chi connectivity index (χ1) is 16.8. The van der Waals surface area contributed by atoms with Gasteiger partial charge in [-0.25, -0.2) is 4.58 Å². The van der Waals surface area contributed by atoms with E-state index < -0.39 is 11.7 Å². The Hall–Kier alpha value is -3.03. The summed E-state index contributed by atoms with van der Waals surface area (Å²) in [5.74, 6) is 0.324. The second-order valence-corrected chi connectivity index (χ2v) is 9.26. The van der Waals surface area contributed by atoms with Crippen molar-refractivity contribution in [3.63, 3.8) is 0 Å². The first-order valence-electron chi connectivity index (χ1n) is 12.4. The number of unbranched alkanes of at least 4 members (excludes halogenated alkanes) is 1. The fourth-order valence-corrected chi connectivity index (χ4v) is 5.46. The average molecular weight is 488 g/mol. The number of fused-ring (bicyclic) bond motifs is 4. The van der Waals surface area contributed by atoms with Crippen LogP contribution >= 0.6 is 0 Å². The van der Waals surface area contributed by atoms with Gasteiger partial charge in [0.25, 0.3) is 0 Å². The van der Waals surface area contributed by atoms with Crippen LogP contribution < -0.4 is 24.8 Å². The zero-order chi connectivity index (χ0) is 24.7. The van der Waals surface area contributed by atoms with Crippen LogP contribution in [0.4, 0.5) is 18.9 Å². The van der Waals surface area contributed by atoms with Crippen LogP contribution in [0, 0.1) is 0 Å². The highest BCUT2D eigenvalue weighted by molar-refractivity contribution is 5.81. The Labute approximate surface area is 202 Å². The smallest absolute Gasteiger partial charge is 0.417 e. The lowest BCUT2D eigenvalue weighted by Crippen LogP contribution is -2.31. The van der Waals surface area contributed by atoms with Gasteiger partial charge < -0.3 is 14.4 Å². The Morgan fingerprint density at radius 1 is 1.09 bits per heavy atom. The maximum Gasteiger partial charge on any atom is 0.417 e. The van der Waals surface area contributed by atoms with Crippen molar-refractivity contribution in [1.82, 2.24) is 4.58 Å². The minimum Gasteiger partial charge on any atom is -0.466 e. The van der Waals surface area contributed by atoms with Gasteiger partial charge in [-0.3, -0.25) is 4.79 Å². The van der Waals surface area contributed by atoms with Gasteiger partial charge in [0.05, 0.1) is 18.2 Å². The number of alkyl halides is 3. The van der Waals surface area contributed by atoms with Crippen LogP contribution in [0.3, 0.4) is 0 Å². The van der Waals surface area contributed by atoms with Crippen LogP contribution in [0.15, 0.2) is 24.3 Å². The normalized spacial score (nSPS) is 16.0. The van der Waals surface area contributed by atoms with Crippen molar-refractivity contribution in [1.29, 1.82) is 0 Å². The molecule has 0 radical (unpaired) electrons. The fraction of sp³-hybridized carbons (Fsp3) is 0.481. The Morgan fingerprint density at radius 3 is 2.66 bits per heavy atom. The summed E-state index contributed by atoms with van der Waals surface area (Å²) in [6.07, 6.45) is -1.17. The predicted octanol–water partition coefficient (Wildman–Crippen LogP) is 3.72. The van der Waals surface area contributed by atoms with Crippen molar-refractivity contribution in [3.05, 3.63) is 51.5 Å². The van der Waals surface area contributed by atoms with Crippen LogP contribution in [-0.4, -0.2) is 44.9 Å². The fourth-order valence-electron chi connectivity index (χ4n) is 5.46. The molecule has 0 N–H and O–H groups in total. The molecule has 5 nitrogen and oxygen atoms in total. The molecule has 5 rings (SSSR count). The summed E-state index contributed by atoms with van der Waals surface area (Å²) < 4.78 is 56.5. The highest BCUT2D eigenvalue weighted by Crippen LogP contribution is 2.45.